The van der Waals surface area contributed by atoms with Gasteiger partial charge in [0, 0.05) is 25.2 Å². The van der Waals surface area contributed by atoms with Gasteiger partial charge in [-0.2, -0.15) is 0 Å². The molecule has 2 aliphatic rings. The largest absolute Gasteiger partial charge is 0.444 e. The predicted molar refractivity (Wildman–Crippen MR) is 95.3 cm³/mol. The maximum atomic E-state index is 14.5. The lowest BCUT2D eigenvalue weighted by atomic mass is 9.97. The van der Waals surface area contributed by atoms with Crippen LogP contribution in [0.2, 0.25) is 0 Å². The number of nitrogens with zero attached hydrogens (tertiary/aromatic N) is 2. The van der Waals surface area contributed by atoms with Gasteiger partial charge < -0.3 is 14.2 Å². The third-order valence-electron chi connectivity index (χ3n) is 5.25. The number of likely N-dealkylation sites (N-methyl/N-ethyl adjacent to an activating group) is 1. The Hall–Kier alpha value is -2.11. The van der Waals surface area contributed by atoms with Crippen LogP contribution in [0.4, 0.5) is 13.6 Å². The summed E-state index contributed by atoms with van der Waals surface area (Å²) in [5.41, 5.74) is 1.85. The van der Waals surface area contributed by atoms with E-state index in [1.165, 1.54) is 6.07 Å². The summed E-state index contributed by atoms with van der Waals surface area (Å²) in [6.07, 6.45) is 4.07. The van der Waals surface area contributed by atoms with E-state index in [9.17, 15) is 13.6 Å². The Morgan fingerprint density at radius 1 is 1.31 bits per heavy atom. The van der Waals surface area contributed by atoms with Gasteiger partial charge in [0.05, 0.1) is 11.6 Å². The van der Waals surface area contributed by atoms with Gasteiger partial charge in [0.2, 0.25) is 0 Å². The van der Waals surface area contributed by atoms with Crippen LogP contribution < -0.4 is 0 Å². The zero-order chi connectivity index (χ0) is 18.8. The summed E-state index contributed by atoms with van der Waals surface area (Å²) in [6, 6.07) is 1.12. The Morgan fingerprint density at radius 2 is 2.00 bits per heavy atom. The lowest BCUT2D eigenvalue weighted by Gasteiger charge is -2.33. The number of carbonyl (C=O) groups is 1. The number of aromatic nitrogens is 1. The van der Waals surface area contributed by atoms with Crippen molar-refractivity contribution in [2.24, 2.45) is 0 Å². The number of amides is 1. The highest BCUT2D eigenvalue weighted by atomic mass is 19.2. The highest BCUT2D eigenvalue weighted by Gasteiger charge is 2.35. The molecule has 1 saturated carbocycles. The number of hydrogen-bond acceptors (Lipinski definition) is 2. The van der Waals surface area contributed by atoms with Crippen molar-refractivity contribution in [2.75, 3.05) is 7.05 Å². The average Bonchev–Trinajstić information content (AvgIpc) is 3.31. The molecule has 1 fully saturated rings. The Kier molecular flexibility index (Phi) is 3.79. The monoisotopic (exact) mass is 362 g/mol. The molecule has 4 nitrogen and oxygen atoms in total. The van der Waals surface area contributed by atoms with Crippen LogP contribution in [0, 0.1) is 11.6 Å². The summed E-state index contributed by atoms with van der Waals surface area (Å²) in [4.78, 5) is 14.0. The molecule has 4 rings (SSSR count). The second kappa shape index (κ2) is 5.69. The summed E-state index contributed by atoms with van der Waals surface area (Å²) < 4.78 is 36.1. The number of ether oxygens (including phenoxy) is 1. The van der Waals surface area contributed by atoms with Crippen LogP contribution in [0.5, 0.6) is 0 Å². The summed E-state index contributed by atoms with van der Waals surface area (Å²) in [5, 5.41) is 0.431. The van der Waals surface area contributed by atoms with E-state index < -0.39 is 23.3 Å². The van der Waals surface area contributed by atoms with Crippen molar-refractivity contribution < 1.29 is 18.3 Å². The molecule has 0 radical (unpaired) electrons. The molecule has 1 unspecified atom stereocenters. The van der Waals surface area contributed by atoms with Crippen molar-refractivity contribution in [3.05, 3.63) is 35.0 Å². The SMILES string of the molecule is CN(C(=O)OC(C)(C)C)C1Cc2cc(F)c(F)c3c(C4CC4)cn(c23)C1. The summed E-state index contributed by atoms with van der Waals surface area (Å²) in [7, 11) is 1.70. The summed E-state index contributed by atoms with van der Waals surface area (Å²) in [6.45, 7) is 6.02. The van der Waals surface area contributed by atoms with Gasteiger partial charge in [-0.25, -0.2) is 13.6 Å². The van der Waals surface area contributed by atoms with Gasteiger partial charge >= 0.3 is 6.09 Å². The molecule has 1 aromatic carbocycles. The fourth-order valence-electron chi connectivity index (χ4n) is 3.85. The van der Waals surface area contributed by atoms with Crippen molar-refractivity contribution in [1.82, 2.24) is 9.47 Å². The molecule has 1 aliphatic carbocycles. The minimum absolute atomic E-state index is 0.162. The van der Waals surface area contributed by atoms with E-state index in [0.717, 1.165) is 29.5 Å². The lowest BCUT2D eigenvalue weighted by molar-refractivity contribution is 0.0204. The quantitative estimate of drug-likeness (QED) is 0.783. The molecule has 1 amide bonds. The van der Waals surface area contributed by atoms with Gasteiger partial charge in [0.15, 0.2) is 11.6 Å². The van der Waals surface area contributed by atoms with Gasteiger partial charge in [-0.3, -0.25) is 0 Å². The first-order valence-corrected chi connectivity index (χ1v) is 9.11. The Balaban J connectivity index is 1.70. The summed E-state index contributed by atoms with van der Waals surface area (Å²) >= 11 is 0. The molecular formula is C20H24F2N2O2. The van der Waals surface area contributed by atoms with Gasteiger partial charge in [-0.05, 0) is 63.1 Å². The summed E-state index contributed by atoms with van der Waals surface area (Å²) in [5.74, 6) is -1.24. The van der Waals surface area contributed by atoms with Crippen LogP contribution in [0.1, 0.15) is 50.7 Å². The fraction of sp³-hybridized carbons (Fsp3) is 0.550. The first-order valence-electron chi connectivity index (χ1n) is 9.11. The van der Waals surface area contributed by atoms with Gasteiger partial charge in [0.1, 0.15) is 5.60 Å². The second-order valence-electron chi connectivity index (χ2n) is 8.52. The molecule has 6 heteroatoms. The van der Waals surface area contributed by atoms with Crippen molar-refractivity contribution >= 4 is 17.0 Å². The standard InChI is InChI=1S/C20H24F2N2O2/c1-20(2,3)26-19(25)23(4)13-7-12-8-15(21)17(22)16-14(11-5-6-11)10-24(9-13)18(12)16/h8,10-11,13H,5-7,9H2,1-4H3. The Morgan fingerprint density at radius 3 is 2.62 bits per heavy atom. The van der Waals surface area contributed by atoms with E-state index >= 15 is 0 Å². The van der Waals surface area contributed by atoms with Gasteiger partial charge in [0.25, 0.3) is 0 Å². The first kappa shape index (κ1) is 17.3. The third-order valence-corrected chi connectivity index (χ3v) is 5.25. The Bertz CT molecular complexity index is 894. The number of rotatable bonds is 2. The zero-order valence-corrected chi connectivity index (χ0v) is 15.6. The normalized spacial score (nSPS) is 19.7. The van der Waals surface area contributed by atoms with E-state index in [2.05, 4.69) is 0 Å². The fourth-order valence-corrected chi connectivity index (χ4v) is 3.85. The molecule has 0 bridgehead atoms. The molecule has 1 atom stereocenters. The molecule has 0 spiro atoms. The molecule has 26 heavy (non-hydrogen) atoms. The third kappa shape index (κ3) is 2.85. The van der Waals surface area contributed by atoms with E-state index in [1.54, 1.807) is 11.9 Å². The number of hydrogen-bond donors (Lipinski definition) is 0. The van der Waals surface area contributed by atoms with Crippen LogP contribution in [0.3, 0.4) is 0 Å². The molecule has 1 aromatic heterocycles. The minimum Gasteiger partial charge on any atom is -0.444 e. The Labute approximate surface area is 151 Å². The van der Waals surface area contributed by atoms with E-state index in [1.807, 2.05) is 31.5 Å². The van der Waals surface area contributed by atoms with E-state index in [0.29, 0.717) is 24.3 Å². The van der Waals surface area contributed by atoms with Gasteiger partial charge in [-0.1, -0.05) is 0 Å². The molecule has 140 valence electrons. The molecule has 0 N–H and O–H groups in total. The molecular weight excluding hydrogens is 338 g/mol. The van der Waals surface area contributed by atoms with Crippen molar-refractivity contribution in [3.8, 4) is 0 Å². The van der Waals surface area contributed by atoms with Crippen molar-refractivity contribution in [3.63, 3.8) is 0 Å². The first-order chi connectivity index (χ1) is 12.2. The second-order valence-corrected chi connectivity index (χ2v) is 8.52. The molecule has 2 heterocycles. The van der Waals surface area contributed by atoms with E-state index in [4.69, 9.17) is 4.74 Å². The smallest absolute Gasteiger partial charge is 0.410 e. The number of halogens is 2. The number of benzene rings is 1. The van der Waals surface area contributed by atoms with Crippen LogP contribution >= 0.6 is 0 Å². The minimum atomic E-state index is -0.812. The van der Waals surface area contributed by atoms with Gasteiger partial charge in [-0.15, -0.1) is 0 Å². The van der Waals surface area contributed by atoms with Crippen molar-refractivity contribution in [1.29, 1.82) is 0 Å². The van der Waals surface area contributed by atoms with Crippen LogP contribution in [-0.2, 0) is 17.7 Å². The number of carbonyl (C=O) groups excluding carboxylic acids is 1. The highest BCUT2D eigenvalue weighted by Crippen LogP contribution is 2.46. The lowest BCUT2D eigenvalue weighted by Crippen LogP contribution is -2.45. The molecule has 1 aliphatic heterocycles. The van der Waals surface area contributed by atoms with E-state index in [-0.39, 0.29) is 6.04 Å². The maximum Gasteiger partial charge on any atom is 0.410 e. The highest BCUT2D eigenvalue weighted by molar-refractivity contribution is 5.89. The topological polar surface area (TPSA) is 34.5 Å². The predicted octanol–water partition coefficient (Wildman–Crippen LogP) is 4.59. The molecule has 2 aromatic rings. The van der Waals surface area contributed by atoms with Crippen LogP contribution in [0.25, 0.3) is 10.9 Å². The molecule has 0 saturated heterocycles. The van der Waals surface area contributed by atoms with Crippen LogP contribution in [-0.4, -0.2) is 34.3 Å². The maximum absolute atomic E-state index is 14.5. The zero-order valence-electron chi connectivity index (χ0n) is 15.6. The average molecular weight is 362 g/mol. The van der Waals surface area contributed by atoms with Crippen molar-refractivity contribution in [2.45, 2.75) is 64.1 Å². The van der Waals surface area contributed by atoms with Crippen LogP contribution in [0.15, 0.2) is 12.3 Å².